The maximum absolute atomic E-state index is 12.6. The van der Waals surface area contributed by atoms with Crippen LogP contribution in [0.3, 0.4) is 0 Å². The van der Waals surface area contributed by atoms with E-state index in [1.165, 1.54) is 32.0 Å². The Balaban J connectivity index is 1.56. The van der Waals surface area contributed by atoms with E-state index in [-0.39, 0.29) is 11.7 Å². The van der Waals surface area contributed by atoms with Gasteiger partial charge in [-0.15, -0.1) is 0 Å². The number of hydrogen-bond donors (Lipinski definition) is 2. The molecule has 5 nitrogen and oxygen atoms in total. The van der Waals surface area contributed by atoms with Crippen LogP contribution in [0, 0.1) is 5.92 Å². The van der Waals surface area contributed by atoms with Gasteiger partial charge in [-0.2, -0.15) is 0 Å². The molecule has 1 aliphatic heterocycles. The van der Waals surface area contributed by atoms with Gasteiger partial charge in [0.05, 0.1) is 11.9 Å². The third-order valence-electron chi connectivity index (χ3n) is 5.28. The van der Waals surface area contributed by atoms with Crippen molar-refractivity contribution in [3.8, 4) is 17.0 Å². The molecule has 2 heterocycles. The molecule has 150 valence electrons. The van der Waals surface area contributed by atoms with Gasteiger partial charge in [0, 0.05) is 30.3 Å². The molecule has 0 saturated carbocycles. The fraction of sp³-hybridized carbons (Fsp3) is 0.478. The highest BCUT2D eigenvalue weighted by molar-refractivity contribution is 5.95. The molecule has 0 unspecified atom stereocenters. The van der Waals surface area contributed by atoms with Gasteiger partial charge in [-0.25, -0.2) is 0 Å². The van der Waals surface area contributed by atoms with Gasteiger partial charge < -0.3 is 15.3 Å². The molecular formula is C23H31N3O2. The smallest absolute Gasteiger partial charge is 0.251 e. The minimum Gasteiger partial charge on any atom is -0.506 e. The number of aromatic nitrogens is 1. The maximum atomic E-state index is 12.6. The van der Waals surface area contributed by atoms with Gasteiger partial charge in [-0.05, 0) is 56.0 Å². The summed E-state index contributed by atoms with van der Waals surface area (Å²) in [6, 6.07) is 11.4. The summed E-state index contributed by atoms with van der Waals surface area (Å²) in [6.45, 7) is 7.55. The molecule has 2 N–H and O–H groups in total. The summed E-state index contributed by atoms with van der Waals surface area (Å²) < 4.78 is 0. The second-order valence-electron chi connectivity index (χ2n) is 8.07. The minimum absolute atomic E-state index is 0.0492. The second-order valence-corrected chi connectivity index (χ2v) is 8.07. The zero-order valence-electron chi connectivity index (χ0n) is 16.9. The Morgan fingerprint density at radius 2 is 2.14 bits per heavy atom. The molecule has 1 aromatic carbocycles. The van der Waals surface area contributed by atoms with Crippen LogP contribution in [-0.2, 0) is 0 Å². The van der Waals surface area contributed by atoms with Crippen LogP contribution in [0.2, 0.25) is 0 Å². The van der Waals surface area contributed by atoms with Gasteiger partial charge >= 0.3 is 0 Å². The molecule has 1 atom stereocenters. The summed E-state index contributed by atoms with van der Waals surface area (Å²) in [7, 11) is 0. The first kappa shape index (κ1) is 20.3. The third kappa shape index (κ3) is 5.55. The van der Waals surface area contributed by atoms with Crippen molar-refractivity contribution >= 4 is 5.91 Å². The minimum atomic E-state index is -0.0492. The molecule has 1 aliphatic rings. The topological polar surface area (TPSA) is 65.5 Å². The van der Waals surface area contributed by atoms with Crippen molar-refractivity contribution in [1.82, 2.24) is 15.2 Å². The van der Waals surface area contributed by atoms with Crippen LogP contribution in [0.1, 0.15) is 49.9 Å². The van der Waals surface area contributed by atoms with Crippen LogP contribution < -0.4 is 5.32 Å². The lowest BCUT2D eigenvalue weighted by molar-refractivity contribution is 0.0934. The van der Waals surface area contributed by atoms with Crippen LogP contribution in [0.4, 0.5) is 0 Å². The number of hydrogen-bond acceptors (Lipinski definition) is 4. The summed E-state index contributed by atoms with van der Waals surface area (Å²) in [5, 5.41) is 12.5. The molecule has 1 fully saturated rings. The molecule has 2 aromatic rings. The summed E-state index contributed by atoms with van der Waals surface area (Å²) >= 11 is 0. The van der Waals surface area contributed by atoms with Crippen LogP contribution in [-0.4, -0.2) is 46.6 Å². The first-order valence-electron chi connectivity index (χ1n) is 10.3. The molecule has 5 heteroatoms. The van der Waals surface area contributed by atoms with Crippen molar-refractivity contribution in [2.24, 2.45) is 5.92 Å². The zero-order chi connectivity index (χ0) is 19.9. The zero-order valence-corrected chi connectivity index (χ0v) is 16.9. The average Bonchev–Trinajstić information content (AvgIpc) is 2.69. The Bertz CT molecular complexity index is 774. The molecule has 0 radical (unpaired) electrons. The first-order valence-corrected chi connectivity index (χ1v) is 10.3. The number of piperidine rings is 1. The lowest BCUT2D eigenvalue weighted by atomic mass is 9.98. The number of benzene rings is 1. The molecule has 0 bridgehead atoms. The fourth-order valence-electron chi connectivity index (χ4n) is 3.93. The van der Waals surface area contributed by atoms with E-state index in [0.29, 0.717) is 24.1 Å². The van der Waals surface area contributed by atoms with E-state index < -0.39 is 0 Å². The maximum Gasteiger partial charge on any atom is 0.251 e. The summed E-state index contributed by atoms with van der Waals surface area (Å²) in [5.41, 5.74) is 2.23. The summed E-state index contributed by atoms with van der Waals surface area (Å²) in [6.07, 6.45) is 6.21. The Morgan fingerprint density at radius 3 is 2.89 bits per heavy atom. The van der Waals surface area contributed by atoms with E-state index in [1.54, 1.807) is 12.1 Å². The van der Waals surface area contributed by atoms with E-state index >= 15 is 0 Å². The molecule has 0 spiro atoms. The number of amides is 1. The molecule has 28 heavy (non-hydrogen) atoms. The fourth-order valence-corrected chi connectivity index (χ4v) is 3.93. The van der Waals surface area contributed by atoms with Crippen molar-refractivity contribution in [2.45, 2.75) is 45.6 Å². The predicted octanol–water partition coefficient (Wildman–Crippen LogP) is 4.08. The Hall–Kier alpha value is -2.40. The number of carbonyl (C=O) groups is 1. The second kappa shape index (κ2) is 9.69. The predicted molar refractivity (Wildman–Crippen MR) is 112 cm³/mol. The Morgan fingerprint density at radius 1 is 1.29 bits per heavy atom. The lowest BCUT2D eigenvalue weighted by Crippen LogP contribution is -2.43. The van der Waals surface area contributed by atoms with Crippen LogP contribution in [0.25, 0.3) is 11.3 Å². The highest BCUT2D eigenvalue weighted by atomic mass is 16.3. The lowest BCUT2D eigenvalue weighted by Gasteiger charge is -2.37. The quantitative estimate of drug-likeness (QED) is 0.758. The highest BCUT2D eigenvalue weighted by Gasteiger charge is 2.22. The number of aromatic hydroxyl groups is 1. The highest BCUT2D eigenvalue weighted by Crippen LogP contribution is 2.22. The summed E-state index contributed by atoms with van der Waals surface area (Å²) in [4.78, 5) is 19.4. The van der Waals surface area contributed by atoms with Crippen molar-refractivity contribution < 1.29 is 9.90 Å². The van der Waals surface area contributed by atoms with Gasteiger partial charge in [0.2, 0.25) is 0 Å². The molecule has 1 amide bonds. The average molecular weight is 382 g/mol. The van der Waals surface area contributed by atoms with E-state index in [0.717, 1.165) is 24.2 Å². The summed E-state index contributed by atoms with van der Waals surface area (Å²) in [5.74, 6) is 0.755. The van der Waals surface area contributed by atoms with E-state index in [9.17, 15) is 9.90 Å². The molecule has 0 aliphatic carbocycles. The number of nitrogens with one attached hydrogen (secondary N) is 1. The molecule has 1 saturated heterocycles. The normalized spacial score (nSPS) is 17.6. The SMILES string of the molecule is CC(C)CN1CCCC[C@H]1CCNC(=O)c1cccc(-c2ccc(O)cn2)c1. The van der Waals surface area contributed by atoms with Crippen molar-refractivity contribution in [3.05, 3.63) is 48.2 Å². The standard InChI is InChI=1S/C23H31N3O2/c1-17(2)16-26-13-4-3-8-20(26)11-12-24-23(28)19-7-5-6-18(14-19)22-10-9-21(27)15-25-22/h5-7,9-10,14-15,17,20,27H,3-4,8,11-13,16H2,1-2H3,(H,24,28)/t20-/m0/s1. The van der Waals surface area contributed by atoms with Gasteiger partial charge in [-0.3, -0.25) is 9.78 Å². The van der Waals surface area contributed by atoms with E-state index in [4.69, 9.17) is 0 Å². The van der Waals surface area contributed by atoms with Crippen molar-refractivity contribution in [2.75, 3.05) is 19.6 Å². The van der Waals surface area contributed by atoms with Crippen molar-refractivity contribution in [3.63, 3.8) is 0 Å². The van der Waals surface area contributed by atoms with Crippen LogP contribution in [0.5, 0.6) is 5.75 Å². The molecule has 3 rings (SSSR count). The molecule has 1 aromatic heterocycles. The van der Waals surface area contributed by atoms with Crippen LogP contribution in [0.15, 0.2) is 42.6 Å². The van der Waals surface area contributed by atoms with Crippen molar-refractivity contribution in [1.29, 1.82) is 0 Å². The number of likely N-dealkylation sites (tertiary alicyclic amines) is 1. The van der Waals surface area contributed by atoms with Gasteiger partial charge in [0.1, 0.15) is 5.75 Å². The van der Waals surface area contributed by atoms with E-state index in [1.807, 2.05) is 24.3 Å². The number of nitrogens with zero attached hydrogens (tertiary/aromatic N) is 2. The van der Waals surface area contributed by atoms with Gasteiger partial charge in [-0.1, -0.05) is 32.4 Å². The number of carbonyl (C=O) groups excluding carboxylic acids is 1. The van der Waals surface area contributed by atoms with Crippen LogP contribution >= 0.6 is 0 Å². The third-order valence-corrected chi connectivity index (χ3v) is 5.28. The number of rotatable bonds is 7. The van der Waals surface area contributed by atoms with Gasteiger partial charge in [0.15, 0.2) is 0 Å². The first-order chi connectivity index (χ1) is 13.5. The Kier molecular flexibility index (Phi) is 7.04. The number of pyridine rings is 1. The monoisotopic (exact) mass is 381 g/mol. The molecular weight excluding hydrogens is 350 g/mol. The van der Waals surface area contributed by atoms with E-state index in [2.05, 4.69) is 29.0 Å². The largest absolute Gasteiger partial charge is 0.506 e. The Labute approximate surface area is 167 Å². The van der Waals surface area contributed by atoms with Gasteiger partial charge in [0.25, 0.3) is 5.91 Å².